The molecular formula is C26H26F3NO5S2. The SMILES string of the molecule is Cc1cc(SCc2sc(-c3ccc(C(F)(F)F)cc3)nc2COC2CCCCO2)ccc1OCC(=O)O. The van der Waals surface area contributed by atoms with E-state index in [1.54, 1.807) is 17.8 Å². The highest BCUT2D eigenvalue weighted by Crippen LogP contribution is 2.36. The highest BCUT2D eigenvalue weighted by atomic mass is 32.2. The van der Waals surface area contributed by atoms with Crippen molar-refractivity contribution in [2.45, 2.75) is 55.9 Å². The monoisotopic (exact) mass is 553 g/mol. The van der Waals surface area contributed by atoms with Gasteiger partial charge in [0, 0.05) is 27.7 Å². The summed E-state index contributed by atoms with van der Waals surface area (Å²) in [6.45, 7) is 2.35. The minimum absolute atomic E-state index is 0.249. The van der Waals surface area contributed by atoms with Crippen molar-refractivity contribution in [1.82, 2.24) is 4.98 Å². The second-order valence-corrected chi connectivity index (χ2v) is 10.6. The van der Waals surface area contributed by atoms with Crippen molar-refractivity contribution >= 4 is 29.1 Å². The predicted molar refractivity (Wildman–Crippen MR) is 135 cm³/mol. The number of alkyl halides is 3. The number of thiazole rings is 1. The normalized spacial score (nSPS) is 16.1. The molecule has 0 aliphatic carbocycles. The van der Waals surface area contributed by atoms with Crippen LogP contribution in [0.25, 0.3) is 10.6 Å². The molecule has 1 unspecified atom stereocenters. The van der Waals surface area contributed by atoms with Gasteiger partial charge in [0.1, 0.15) is 10.8 Å². The van der Waals surface area contributed by atoms with Crippen LogP contribution in [-0.4, -0.2) is 35.6 Å². The molecule has 1 aliphatic heterocycles. The molecule has 37 heavy (non-hydrogen) atoms. The van der Waals surface area contributed by atoms with Crippen LogP contribution in [0.5, 0.6) is 5.75 Å². The fourth-order valence-corrected chi connectivity index (χ4v) is 5.88. The van der Waals surface area contributed by atoms with Crippen molar-refractivity contribution in [3.8, 4) is 16.3 Å². The maximum Gasteiger partial charge on any atom is 0.416 e. The summed E-state index contributed by atoms with van der Waals surface area (Å²) in [5, 5.41) is 9.44. The fourth-order valence-electron chi connectivity index (χ4n) is 3.71. The number of hydrogen-bond donors (Lipinski definition) is 1. The molecule has 1 saturated heterocycles. The van der Waals surface area contributed by atoms with Gasteiger partial charge < -0.3 is 19.3 Å². The van der Waals surface area contributed by atoms with Gasteiger partial charge in [0.2, 0.25) is 0 Å². The van der Waals surface area contributed by atoms with Gasteiger partial charge in [-0.25, -0.2) is 9.78 Å². The molecule has 1 N–H and O–H groups in total. The zero-order valence-corrected chi connectivity index (χ0v) is 21.7. The highest BCUT2D eigenvalue weighted by molar-refractivity contribution is 7.98. The Morgan fingerprint density at radius 2 is 2.00 bits per heavy atom. The molecule has 2 heterocycles. The third-order valence-electron chi connectivity index (χ3n) is 5.65. The predicted octanol–water partition coefficient (Wildman–Crippen LogP) is 6.94. The van der Waals surface area contributed by atoms with E-state index in [2.05, 4.69) is 0 Å². The quantitative estimate of drug-likeness (QED) is 0.273. The summed E-state index contributed by atoms with van der Waals surface area (Å²) in [4.78, 5) is 17.4. The Bertz CT molecular complexity index is 1210. The second-order valence-electron chi connectivity index (χ2n) is 8.47. The lowest BCUT2D eigenvalue weighted by Gasteiger charge is -2.22. The van der Waals surface area contributed by atoms with E-state index < -0.39 is 24.3 Å². The summed E-state index contributed by atoms with van der Waals surface area (Å²) < 4.78 is 55.9. The van der Waals surface area contributed by atoms with Gasteiger partial charge in [0.15, 0.2) is 12.9 Å². The van der Waals surface area contributed by atoms with Gasteiger partial charge in [0.25, 0.3) is 0 Å². The molecule has 0 radical (unpaired) electrons. The molecule has 0 saturated carbocycles. The Kier molecular flexibility index (Phi) is 9.12. The standard InChI is InChI=1S/C26H26F3NO5S2/c1-16-12-19(9-10-21(16)34-14-23(31)32)36-15-22-20(13-35-24-4-2-3-11-33-24)30-25(37-22)17-5-7-18(8-6-17)26(27,28)29/h5-10,12,24H,2-4,11,13-15H2,1H3,(H,31,32). The van der Waals surface area contributed by atoms with Crippen molar-refractivity contribution in [3.05, 3.63) is 64.2 Å². The topological polar surface area (TPSA) is 77.9 Å². The lowest BCUT2D eigenvalue weighted by Crippen LogP contribution is -2.22. The molecule has 0 amide bonds. The zero-order chi connectivity index (χ0) is 26.4. The summed E-state index contributed by atoms with van der Waals surface area (Å²) >= 11 is 3.00. The molecule has 11 heteroatoms. The largest absolute Gasteiger partial charge is 0.482 e. The third kappa shape index (κ3) is 7.70. The van der Waals surface area contributed by atoms with Crippen LogP contribution in [0.4, 0.5) is 13.2 Å². The number of aromatic nitrogens is 1. The molecule has 2 aromatic carbocycles. The zero-order valence-electron chi connectivity index (χ0n) is 20.0. The van der Waals surface area contributed by atoms with Crippen LogP contribution in [0.1, 0.15) is 41.0 Å². The number of carbonyl (C=O) groups is 1. The Morgan fingerprint density at radius 3 is 2.65 bits per heavy atom. The van der Waals surface area contributed by atoms with Gasteiger partial charge in [-0.2, -0.15) is 13.2 Å². The molecule has 198 valence electrons. The van der Waals surface area contributed by atoms with Crippen LogP contribution < -0.4 is 4.74 Å². The maximum absolute atomic E-state index is 13.0. The number of nitrogens with zero attached hydrogens (tertiary/aromatic N) is 1. The molecule has 1 aromatic heterocycles. The Labute approximate surface area is 220 Å². The van der Waals surface area contributed by atoms with E-state index in [1.165, 1.54) is 23.5 Å². The molecule has 0 bridgehead atoms. The van der Waals surface area contributed by atoms with Crippen molar-refractivity contribution in [2.24, 2.45) is 0 Å². The van der Waals surface area contributed by atoms with E-state index in [-0.39, 0.29) is 12.9 Å². The van der Waals surface area contributed by atoms with E-state index in [4.69, 9.17) is 24.3 Å². The van der Waals surface area contributed by atoms with Gasteiger partial charge in [-0.05, 0) is 62.1 Å². The van der Waals surface area contributed by atoms with Crippen molar-refractivity contribution in [1.29, 1.82) is 0 Å². The van der Waals surface area contributed by atoms with E-state index in [1.807, 2.05) is 19.1 Å². The Morgan fingerprint density at radius 1 is 1.22 bits per heavy atom. The van der Waals surface area contributed by atoms with Crippen LogP contribution in [0, 0.1) is 6.92 Å². The number of aliphatic carboxylic acids is 1. The number of hydrogen-bond acceptors (Lipinski definition) is 7. The van der Waals surface area contributed by atoms with Gasteiger partial charge >= 0.3 is 12.1 Å². The fraction of sp³-hybridized carbons (Fsp3) is 0.385. The molecule has 1 fully saturated rings. The summed E-state index contributed by atoms with van der Waals surface area (Å²) in [5.41, 5.74) is 1.46. The molecule has 1 aliphatic rings. The third-order valence-corrected chi connectivity index (χ3v) is 8.00. The smallest absolute Gasteiger partial charge is 0.416 e. The minimum Gasteiger partial charge on any atom is -0.482 e. The molecule has 3 aromatic rings. The first-order chi connectivity index (χ1) is 17.7. The first-order valence-electron chi connectivity index (χ1n) is 11.7. The molecular weight excluding hydrogens is 527 g/mol. The van der Waals surface area contributed by atoms with Crippen LogP contribution in [0.3, 0.4) is 0 Å². The lowest BCUT2D eigenvalue weighted by molar-refractivity contribution is -0.169. The number of rotatable bonds is 10. The number of benzene rings is 2. The minimum atomic E-state index is -4.39. The average molecular weight is 554 g/mol. The first-order valence-corrected chi connectivity index (χ1v) is 13.5. The summed E-state index contributed by atoms with van der Waals surface area (Å²) in [6.07, 6.45) is -1.82. The Hall–Kier alpha value is -2.60. The number of carboxylic acids is 1. The molecule has 0 spiro atoms. The Balaban J connectivity index is 1.50. The number of ether oxygens (including phenoxy) is 3. The van der Waals surface area contributed by atoms with Crippen LogP contribution in [-0.2, 0) is 32.8 Å². The second kappa shape index (κ2) is 12.3. The summed E-state index contributed by atoms with van der Waals surface area (Å²) in [6, 6.07) is 10.5. The highest BCUT2D eigenvalue weighted by Gasteiger charge is 2.30. The van der Waals surface area contributed by atoms with E-state index in [0.29, 0.717) is 28.7 Å². The van der Waals surface area contributed by atoms with Crippen molar-refractivity contribution < 1.29 is 37.3 Å². The van der Waals surface area contributed by atoms with Crippen molar-refractivity contribution in [3.63, 3.8) is 0 Å². The molecule has 6 nitrogen and oxygen atoms in total. The van der Waals surface area contributed by atoms with Gasteiger partial charge in [0.05, 0.1) is 17.9 Å². The maximum atomic E-state index is 13.0. The van der Waals surface area contributed by atoms with Gasteiger partial charge in [-0.3, -0.25) is 0 Å². The first kappa shape index (κ1) is 27.4. The number of carboxylic acid groups (broad SMARTS) is 1. The number of aryl methyl sites for hydroxylation is 1. The van der Waals surface area contributed by atoms with Gasteiger partial charge in [-0.1, -0.05) is 12.1 Å². The number of halogens is 3. The van der Waals surface area contributed by atoms with Crippen LogP contribution >= 0.6 is 23.1 Å². The average Bonchev–Trinajstić information content (AvgIpc) is 3.29. The molecule has 1 atom stereocenters. The molecule has 4 rings (SSSR count). The van der Waals surface area contributed by atoms with Gasteiger partial charge in [-0.15, -0.1) is 23.1 Å². The summed E-state index contributed by atoms with van der Waals surface area (Å²) in [7, 11) is 0. The van der Waals surface area contributed by atoms with E-state index >= 15 is 0 Å². The van der Waals surface area contributed by atoms with Crippen LogP contribution in [0.2, 0.25) is 0 Å². The van der Waals surface area contributed by atoms with Crippen molar-refractivity contribution in [2.75, 3.05) is 13.2 Å². The van der Waals surface area contributed by atoms with Crippen LogP contribution in [0.15, 0.2) is 47.4 Å². The lowest BCUT2D eigenvalue weighted by atomic mass is 10.1. The summed E-state index contributed by atoms with van der Waals surface area (Å²) in [5.74, 6) is 0.0491. The number of thioether (sulfide) groups is 1. The van der Waals surface area contributed by atoms with E-state index in [9.17, 15) is 18.0 Å². The van der Waals surface area contributed by atoms with E-state index in [0.717, 1.165) is 52.4 Å².